The van der Waals surface area contributed by atoms with Gasteiger partial charge in [-0.2, -0.15) is 0 Å². The Labute approximate surface area is 209 Å². The molecule has 3 unspecified atom stereocenters. The first-order valence-corrected chi connectivity index (χ1v) is 12.1. The SMILES string of the molecule is COC(=O)C1=C(C)NC(C)C(C(=O)OC)(c2ccccc2)C1Nc1nc(-c2ccccc2)c(C)s1. The first kappa shape index (κ1) is 24.5. The molecular formula is C27H29N3O4S. The van der Waals surface area contributed by atoms with E-state index in [1.807, 2.05) is 81.4 Å². The summed E-state index contributed by atoms with van der Waals surface area (Å²) in [6.07, 6.45) is 0. The number of ether oxygens (including phenoxy) is 2. The number of thiazole rings is 1. The molecule has 7 nitrogen and oxygen atoms in total. The van der Waals surface area contributed by atoms with Gasteiger partial charge in [0.2, 0.25) is 0 Å². The van der Waals surface area contributed by atoms with Crippen molar-refractivity contribution in [1.29, 1.82) is 0 Å². The monoisotopic (exact) mass is 491 g/mol. The highest BCUT2D eigenvalue weighted by Gasteiger charge is 2.58. The molecular weight excluding hydrogens is 462 g/mol. The molecule has 35 heavy (non-hydrogen) atoms. The maximum atomic E-state index is 13.7. The molecule has 0 saturated heterocycles. The minimum Gasteiger partial charge on any atom is -0.468 e. The number of allylic oxidation sites excluding steroid dienone is 1. The summed E-state index contributed by atoms with van der Waals surface area (Å²) in [6, 6.07) is 18.1. The zero-order valence-electron chi connectivity index (χ0n) is 20.4. The number of nitrogens with one attached hydrogen (secondary N) is 2. The Morgan fingerprint density at radius 1 is 1.00 bits per heavy atom. The molecule has 3 atom stereocenters. The van der Waals surface area contributed by atoms with Crippen LogP contribution in [0.15, 0.2) is 71.9 Å². The summed E-state index contributed by atoms with van der Waals surface area (Å²) in [4.78, 5) is 32.6. The normalized spacial score (nSPS) is 21.7. The van der Waals surface area contributed by atoms with Crippen molar-refractivity contribution in [3.63, 3.8) is 0 Å². The van der Waals surface area contributed by atoms with Crippen molar-refractivity contribution in [2.24, 2.45) is 0 Å². The molecule has 0 saturated carbocycles. The van der Waals surface area contributed by atoms with Crippen molar-refractivity contribution in [1.82, 2.24) is 10.3 Å². The predicted molar refractivity (Wildman–Crippen MR) is 137 cm³/mol. The van der Waals surface area contributed by atoms with Crippen LogP contribution in [0, 0.1) is 6.92 Å². The number of methoxy groups -OCH3 is 2. The summed E-state index contributed by atoms with van der Waals surface area (Å²) < 4.78 is 10.5. The van der Waals surface area contributed by atoms with Crippen LogP contribution in [0.5, 0.6) is 0 Å². The van der Waals surface area contributed by atoms with Gasteiger partial charge in [0.05, 0.1) is 31.5 Å². The van der Waals surface area contributed by atoms with Gasteiger partial charge in [0, 0.05) is 22.2 Å². The summed E-state index contributed by atoms with van der Waals surface area (Å²) in [5.41, 5.74) is 2.25. The molecule has 0 spiro atoms. The minimum atomic E-state index is -1.27. The van der Waals surface area contributed by atoms with Crippen molar-refractivity contribution in [3.8, 4) is 11.3 Å². The Balaban J connectivity index is 1.92. The van der Waals surface area contributed by atoms with Gasteiger partial charge in [-0.1, -0.05) is 60.7 Å². The predicted octanol–water partition coefficient (Wildman–Crippen LogP) is 4.45. The lowest BCUT2D eigenvalue weighted by Gasteiger charge is -2.47. The number of carbonyl (C=O) groups excluding carboxylic acids is 2. The molecule has 0 aliphatic carbocycles. The lowest BCUT2D eigenvalue weighted by molar-refractivity contribution is -0.149. The van der Waals surface area contributed by atoms with Crippen LogP contribution < -0.4 is 10.6 Å². The van der Waals surface area contributed by atoms with E-state index in [-0.39, 0.29) is 0 Å². The molecule has 3 aromatic rings. The van der Waals surface area contributed by atoms with E-state index in [1.54, 1.807) is 0 Å². The number of hydrogen-bond acceptors (Lipinski definition) is 8. The fraction of sp³-hybridized carbons (Fsp3) is 0.296. The second-order valence-corrected chi connectivity index (χ2v) is 9.69. The van der Waals surface area contributed by atoms with E-state index in [4.69, 9.17) is 14.5 Å². The highest BCUT2D eigenvalue weighted by atomic mass is 32.1. The summed E-state index contributed by atoms with van der Waals surface area (Å²) >= 11 is 1.47. The van der Waals surface area contributed by atoms with Crippen LogP contribution in [0.2, 0.25) is 0 Å². The molecule has 2 N–H and O–H groups in total. The van der Waals surface area contributed by atoms with Gasteiger partial charge in [0.1, 0.15) is 5.41 Å². The van der Waals surface area contributed by atoms with E-state index < -0.39 is 29.4 Å². The molecule has 8 heteroatoms. The number of esters is 2. The van der Waals surface area contributed by atoms with E-state index in [2.05, 4.69) is 10.6 Å². The Hall–Kier alpha value is -3.65. The smallest absolute Gasteiger partial charge is 0.337 e. The maximum Gasteiger partial charge on any atom is 0.337 e. The number of anilines is 1. The molecule has 2 heterocycles. The fourth-order valence-corrected chi connectivity index (χ4v) is 5.80. The highest BCUT2D eigenvalue weighted by molar-refractivity contribution is 7.16. The fourth-order valence-electron chi connectivity index (χ4n) is 4.93. The summed E-state index contributed by atoms with van der Waals surface area (Å²) in [5, 5.41) is 7.37. The number of hydrogen-bond donors (Lipinski definition) is 2. The molecule has 0 bridgehead atoms. The lowest BCUT2D eigenvalue weighted by Crippen LogP contribution is -2.65. The zero-order chi connectivity index (χ0) is 25.2. The topological polar surface area (TPSA) is 89.5 Å². The Bertz CT molecular complexity index is 1260. The lowest BCUT2D eigenvalue weighted by atomic mass is 9.64. The van der Waals surface area contributed by atoms with Crippen molar-refractivity contribution in [3.05, 3.63) is 82.4 Å². The molecule has 2 aromatic carbocycles. The number of rotatable bonds is 6. The van der Waals surface area contributed by atoms with Gasteiger partial charge in [-0.05, 0) is 26.3 Å². The quantitative estimate of drug-likeness (QED) is 0.493. The van der Waals surface area contributed by atoms with Crippen LogP contribution in [0.1, 0.15) is 24.3 Å². The van der Waals surface area contributed by atoms with Gasteiger partial charge < -0.3 is 20.1 Å². The van der Waals surface area contributed by atoms with Crippen LogP contribution in [0.25, 0.3) is 11.3 Å². The number of aryl methyl sites for hydroxylation is 1. The van der Waals surface area contributed by atoms with E-state index >= 15 is 0 Å². The molecule has 0 amide bonds. The van der Waals surface area contributed by atoms with Gasteiger partial charge in [0.15, 0.2) is 5.13 Å². The van der Waals surface area contributed by atoms with E-state index in [1.165, 1.54) is 25.6 Å². The van der Waals surface area contributed by atoms with E-state index in [9.17, 15) is 9.59 Å². The van der Waals surface area contributed by atoms with Gasteiger partial charge in [-0.25, -0.2) is 9.78 Å². The average Bonchev–Trinajstić information content (AvgIpc) is 3.24. The van der Waals surface area contributed by atoms with Crippen LogP contribution in [0.3, 0.4) is 0 Å². The van der Waals surface area contributed by atoms with Crippen LogP contribution in [0.4, 0.5) is 5.13 Å². The number of benzene rings is 2. The molecule has 1 aliphatic heterocycles. The second-order valence-electron chi connectivity index (χ2n) is 8.49. The third-order valence-corrected chi connectivity index (χ3v) is 7.46. The minimum absolute atomic E-state index is 0.328. The van der Waals surface area contributed by atoms with Crippen molar-refractivity contribution < 1.29 is 19.1 Å². The molecule has 1 aromatic heterocycles. The number of aromatic nitrogens is 1. The Morgan fingerprint density at radius 3 is 2.23 bits per heavy atom. The third kappa shape index (κ3) is 4.18. The summed E-state index contributed by atoms with van der Waals surface area (Å²) in [6.45, 7) is 5.73. The maximum absolute atomic E-state index is 13.7. The van der Waals surface area contributed by atoms with Crippen molar-refractivity contribution in [2.45, 2.75) is 38.3 Å². The van der Waals surface area contributed by atoms with Gasteiger partial charge in [0.25, 0.3) is 0 Å². The van der Waals surface area contributed by atoms with E-state index in [0.717, 1.165) is 21.7 Å². The first-order valence-electron chi connectivity index (χ1n) is 11.3. The van der Waals surface area contributed by atoms with Crippen LogP contribution in [-0.2, 0) is 24.5 Å². The van der Waals surface area contributed by atoms with Crippen molar-refractivity contribution >= 4 is 28.4 Å². The molecule has 182 valence electrons. The Kier molecular flexibility index (Phi) is 6.93. The van der Waals surface area contributed by atoms with Crippen molar-refractivity contribution in [2.75, 3.05) is 19.5 Å². The van der Waals surface area contributed by atoms with Crippen LogP contribution in [-0.4, -0.2) is 43.2 Å². The van der Waals surface area contributed by atoms with Crippen LogP contribution >= 0.6 is 11.3 Å². The largest absolute Gasteiger partial charge is 0.468 e. The molecule has 0 fully saturated rings. The van der Waals surface area contributed by atoms with E-state index in [0.29, 0.717) is 16.4 Å². The molecule has 0 radical (unpaired) electrons. The number of nitrogens with zero attached hydrogens (tertiary/aromatic N) is 1. The third-order valence-electron chi connectivity index (χ3n) is 6.56. The van der Waals surface area contributed by atoms with Gasteiger partial charge in [-0.15, -0.1) is 11.3 Å². The zero-order valence-corrected chi connectivity index (χ0v) is 21.2. The summed E-state index contributed by atoms with van der Waals surface area (Å²) in [7, 11) is 2.70. The second kappa shape index (κ2) is 9.92. The molecule has 4 rings (SSSR count). The molecule has 1 aliphatic rings. The average molecular weight is 492 g/mol. The Morgan fingerprint density at radius 2 is 1.63 bits per heavy atom. The van der Waals surface area contributed by atoms with Gasteiger partial charge in [-0.3, -0.25) is 4.79 Å². The number of carbonyl (C=O) groups is 2. The summed E-state index contributed by atoms with van der Waals surface area (Å²) in [5.74, 6) is -0.994. The highest BCUT2D eigenvalue weighted by Crippen LogP contribution is 2.43. The first-order chi connectivity index (χ1) is 16.8. The standard InChI is InChI=1S/C27H29N3O4S/c1-16-21(24(31)33-4)23(30-26-29-22(17(2)35-26)19-12-8-6-9-13-19)27(18(3)28-16,25(32)34-5)20-14-10-7-11-15-20/h6-15,18,23,28H,1-5H3,(H,29,30). The van der Waals surface area contributed by atoms with Gasteiger partial charge >= 0.3 is 11.9 Å².